The van der Waals surface area contributed by atoms with Gasteiger partial charge in [0.25, 0.3) is 5.91 Å². The fraction of sp³-hybridized carbons (Fsp3) is 0.375. The molecule has 0 atom stereocenters. The SMILES string of the molecule is Cc1ccc(C(=O)N2CCN(c3nc(C)cs3)CC2)cc1. The number of anilines is 1. The van der Waals surface area contributed by atoms with Crippen LogP contribution in [0.1, 0.15) is 21.6 Å². The molecular weight excluding hydrogens is 282 g/mol. The lowest BCUT2D eigenvalue weighted by Crippen LogP contribution is -2.48. The van der Waals surface area contributed by atoms with E-state index < -0.39 is 0 Å². The summed E-state index contributed by atoms with van der Waals surface area (Å²) in [5, 5.41) is 3.13. The van der Waals surface area contributed by atoms with Crippen LogP contribution in [0.5, 0.6) is 0 Å². The van der Waals surface area contributed by atoms with Gasteiger partial charge in [-0.3, -0.25) is 4.79 Å². The first-order valence-electron chi connectivity index (χ1n) is 7.16. The van der Waals surface area contributed by atoms with Crippen molar-refractivity contribution in [2.24, 2.45) is 0 Å². The minimum atomic E-state index is 0.130. The first kappa shape index (κ1) is 14.1. The molecule has 21 heavy (non-hydrogen) atoms. The Hall–Kier alpha value is -1.88. The fourth-order valence-electron chi connectivity index (χ4n) is 2.47. The maximum atomic E-state index is 12.5. The van der Waals surface area contributed by atoms with E-state index in [0.29, 0.717) is 0 Å². The Morgan fingerprint density at radius 3 is 2.33 bits per heavy atom. The van der Waals surface area contributed by atoms with E-state index in [1.54, 1.807) is 11.3 Å². The molecule has 1 fully saturated rings. The lowest BCUT2D eigenvalue weighted by Gasteiger charge is -2.34. The second kappa shape index (κ2) is 5.85. The van der Waals surface area contributed by atoms with E-state index in [0.717, 1.165) is 42.6 Å². The zero-order valence-electron chi connectivity index (χ0n) is 12.4. The number of rotatable bonds is 2. The van der Waals surface area contributed by atoms with Gasteiger partial charge in [0.2, 0.25) is 0 Å². The molecule has 1 aliphatic heterocycles. The van der Waals surface area contributed by atoms with Crippen molar-refractivity contribution in [1.82, 2.24) is 9.88 Å². The molecule has 1 aliphatic rings. The Labute approximate surface area is 129 Å². The molecule has 0 N–H and O–H groups in total. The summed E-state index contributed by atoms with van der Waals surface area (Å²) in [6.07, 6.45) is 0. The summed E-state index contributed by atoms with van der Waals surface area (Å²) in [5.74, 6) is 0.130. The number of thiazole rings is 1. The lowest BCUT2D eigenvalue weighted by atomic mass is 10.1. The first-order chi connectivity index (χ1) is 10.1. The van der Waals surface area contributed by atoms with Crippen LogP contribution in [-0.4, -0.2) is 42.0 Å². The fourth-order valence-corrected chi connectivity index (χ4v) is 3.32. The Morgan fingerprint density at radius 1 is 1.10 bits per heavy atom. The molecule has 3 rings (SSSR count). The molecule has 2 heterocycles. The normalized spacial score (nSPS) is 15.3. The number of carbonyl (C=O) groups excluding carboxylic acids is 1. The number of hydrogen-bond acceptors (Lipinski definition) is 4. The van der Waals surface area contributed by atoms with Crippen LogP contribution in [0.3, 0.4) is 0 Å². The molecule has 1 saturated heterocycles. The Kier molecular flexibility index (Phi) is 3.92. The van der Waals surface area contributed by atoms with Crippen molar-refractivity contribution in [2.45, 2.75) is 13.8 Å². The van der Waals surface area contributed by atoms with Crippen molar-refractivity contribution in [3.8, 4) is 0 Å². The first-order valence-corrected chi connectivity index (χ1v) is 8.04. The molecule has 2 aromatic rings. The highest BCUT2D eigenvalue weighted by atomic mass is 32.1. The van der Waals surface area contributed by atoms with E-state index in [1.165, 1.54) is 5.56 Å². The molecule has 110 valence electrons. The predicted molar refractivity (Wildman–Crippen MR) is 86.1 cm³/mol. The van der Waals surface area contributed by atoms with Gasteiger partial charge in [0.1, 0.15) is 0 Å². The summed E-state index contributed by atoms with van der Waals surface area (Å²) >= 11 is 1.68. The zero-order chi connectivity index (χ0) is 14.8. The number of aromatic nitrogens is 1. The highest BCUT2D eigenvalue weighted by molar-refractivity contribution is 7.13. The highest BCUT2D eigenvalue weighted by Crippen LogP contribution is 2.21. The largest absolute Gasteiger partial charge is 0.345 e. The van der Waals surface area contributed by atoms with E-state index in [2.05, 4.69) is 15.3 Å². The number of nitrogens with zero attached hydrogens (tertiary/aromatic N) is 3. The van der Waals surface area contributed by atoms with E-state index in [4.69, 9.17) is 0 Å². The van der Waals surface area contributed by atoms with Gasteiger partial charge in [-0.2, -0.15) is 0 Å². The number of carbonyl (C=O) groups is 1. The minimum Gasteiger partial charge on any atom is -0.345 e. The lowest BCUT2D eigenvalue weighted by molar-refractivity contribution is 0.0747. The van der Waals surface area contributed by atoms with Gasteiger partial charge in [0, 0.05) is 37.1 Å². The summed E-state index contributed by atoms with van der Waals surface area (Å²) in [5.41, 5.74) is 3.02. The number of aryl methyl sites for hydroxylation is 2. The molecule has 1 aromatic carbocycles. The molecular formula is C16H19N3OS. The van der Waals surface area contributed by atoms with Gasteiger partial charge >= 0.3 is 0 Å². The summed E-state index contributed by atoms with van der Waals surface area (Å²) in [6.45, 7) is 7.26. The van der Waals surface area contributed by atoms with Gasteiger partial charge in [0.15, 0.2) is 5.13 Å². The van der Waals surface area contributed by atoms with Crippen molar-refractivity contribution in [1.29, 1.82) is 0 Å². The summed E-state index contributed by atoms with van der Waals surface area (Å²) < 4.78 is 0. The predicted octanol–water partition coefficient (Wildman–Crippen LogP) is 2.72. The van der Waals surface area contributed by atoms with Gasteiger partial charge in [-0.25, -0.2) is 4.98 Å². The van der Waals surface area contributed by atoms with Crippen molar-refractivity contribution in [2.75, 3.05) is 31.1 Å². The van der Waals surface area contributed by atoms with E-state index in [1.807, 2.05) is 43.0 Å². The average molecular weight is 301 g/mol. The zero-order valence-corrected chi connectivity index (χ0v) is 13.2. The number of benzene rings is 1. The van der Waals surface area contributed by atoms with Gasteiger partial charge in [-0.05, 0) is 26.0 Å². The number of piperazine rings is 1. The van der Waals surface area contributed by atoms with Crippen LogP contribution >= 0.6 is 11.3 Å². The molecule has 0 radical (unpaired) electrons. The summed E-state index contributed by atoms with van der Waals surface area (Å²) in [7, 11) is 0. The van der Waals surface area contributed by atoms with Gasteiger partial charge < -0.3 is 9.80 Å². The molecule has 5 heteroatoms. The number of amides is 1. The Morgan fingerprint density at radius 2 is 1.76 bits per heavy atom. The molecule has 0 aliphatic carbocycles. The van der Waals surface area contributed by atoms with Crippen molar-refractivity contribution in [3.05, 3.63) is 46.5 Å². The molecule has 1 aromatic heterocycles. The van der Waals surface area contributed by atoms with Crippen LogP contribution in [0.2, 0.25) is 0 Å². The molecule has 0 unspecified atom stereocenters. The molecule has 0 spiro atoms. The van der Waals surface area contributed by atoms with E-state index >= 15 is 0 Å². The van der Waals surface area contributed by atoms with Crippen molar-refractivity contribution >= 4 is 22.4 Å². The standard InChI is InChI=1S/C16H19N3OS/c1-12-3-5-14(6-4-12)15(20)18-7-9-19(10-8-18)16-17-13(2)11-21-16/h3-6,11H,7-10H2,1-2H3. The average Bonchev–Trinajstić information content (AvgIpc) is 2.94. The van der Waals surface area contributed by atoms with Gasteiger partial charge in [-0.1, -0.05) is 17.7 Å². The van der Waals surface area contributed by atoms with Crippen LogP contribution < -0.4 is 4.90 Å². The minimum absolute atomic E-state index is 0.130. The quantitative estimate of drug-likeness (QED) is 0.856. The number of hydrogen-bond donors (Lipinski definition) is 0. The third kappa shape index (κ3) is 3.08. The third-order valence-electron chi connectivity index (χ3n) is 3.74. The molecule has 4 nitrogen and oxygen atoms in total. The van der Waals surface area contributed by atoms with Crippen LogP contribution in [0, 0.1) is 13.8 Å². The van der Waals surface area contributed by atoms with Crippen molar-refractivity contribution in [3.63, 3.8) is 0 Å². The van der Waals surface area contributed by atoms with Crippen LogP contribution in [-0.2, 0) is 0 Å². The third-order valence-corrected chi connectivity index (χ3v) is 4.76. The van der Waals surface area contributed by atoms with E-state index in [-0.39, 0.29) is 5.91 Å². The Balaban J connectivity index is 1.63. The Bertz CT molecular complexity index is 627. The second-order valence-electron chi connectivity index (χ2n) is 5.42. The smallest absolute Gasteiger partial charge is 0.253 e. The van der Waals surface area contributed by atoms with Gasteiger partial charge in [-0.15, -0.1) is 11.3 Å². The summed E-state index contributed by atoms with van der Waals surface area (Å²) in [4.78, 5) is 21.2. The second-order valence-corrected chi connectivity index (χ2v) is 6.25. The summed E-state index contributed by atoms with van der Waals surface area (Å²) in [6, 6.07) is 7.80. The van der Waals surface area contributed by atoms with Crippen LogP contribution in [0.15, 0.2) is 29.6 Å². The van der Waals surface area contributed by atoms with Gasteiger partial charge in [0.05, 0.1) is 5.69 Å². The molecule has 1 amide bonds. The van der Waals surface area contributed by atoms with E-state index in [9.17, 15) is 4.79 Å². The highest BCUT2D eigenvalue weighted by Gasteiger charge is 2.23. The maximum absolute atomic E-state index is 12.5. The topological polar surface area (TPSA) is 36.4 Å². The van der Waals surface area contributed by atoms with Crippen molar-refractivity contribution < 1.29 is 4.79 Å². The maximum Gasteiger partial charge on any atom is 0.253 e. The molecule has 0 bridgehead atoms. The van der Waals surface area contributed by atoms with Crippen LogP contribution in [0.25, 0.3) is 0 Å². The monoisotopic (exact) mass is 301 g/mol. The van der Waals surface area contributed by atoms with Crippen LogP contribution in [0.4, 0.5) is 5.13 Å². The molecule has 0 saturated carbocycles.